The number of rotatable bonds is 4. The van der Waals surface area contributed by atoms with Crippen molar-refractivity contribution in [2.45, 2.75) is 59.8 Å². The minimum absolute atomic E-state index is 0.159. The first-order valence-electron chi connectivity index (χ1n) is 8.21. The number of carboxylic acid groups (broad SMARTS) is 1. The van der Waals surface area contributed by atoms with Crippen LogP contribution in [0.15, 0.2) is 12.1 Å². The van der Waals surface area contributed by atoms with Crippen LogP contribution < -0.4 is 0 Å². The summed E-state index contributed by atoms with van der Waals surface area (Å²) in [6.07, 6.45) is 5.10. The number of carbonyl (C=O) groups is 1. The monoisotopic (exact) mass is 288 g/mol. The van der Waals surface area contributed by atoms with Gasteiger partial charge < -0.3 is 5.11 Å². The Morgan fingerprint density at radius 2 is 1.81 bits per heavy atom. The maximum absolute atomic E-state index is 11.6. The SMILES string of the molecule is CCC1CCC(C(=O)O)C(Cc2c(C)cc(C)cc2C)C1. The van der Waals surface area contributed by atoms with Crippen molar-refractivity contribution in [1.82, 2.24) is 0 Å². The molecule has 2 nitrogen and oxygen atoms in total. The Kier molecular flexibility index (Phi) is 5.08. The van der Waals surface area contributed by atoms with Crippen LogP contribution in [0.5, 0.6) is 0 Å². The van der Waals surface area contributed by atoms with Crippen molar-refractivity contribution in [2.24, 2.45) is 17.8 Å². The Bertz CT molecular complexity index is 495. The van der Waals surface area contributed by atoms with Gasteiger partial charge in [-0.2, -0.15) is 0 Å². The molecule has 1 aromatic rings. The number of aryl methyl sites for hydroxylation is 3. The first kappa shape index (κ1) is 16.1. The van der Waals surface area contributed by atoms with Gasteiger partial charge in [-0.15, -0.1) is 0 Å². The zero-order chi connectivity index (χ0) is 15.6. The Hall–Kier alpha value is -1.31. The summed E-state index contributed by atoms with van der Waals surface area (Å²) in [6, 6.07) is 4.44. The van der Waals surface area contributed by atoms with Crippen LogP contribution >= 0.6 is 0 Å². The van der Waals surface area contributed by atoms with Gasteiger partial charge in [-0.3, -0.25) is 4.79 Å². The number of hydrogen-bond donors (Lipinski definition) is 1. The Labute approximate surface area is 128 Å². The number of aliphatic carboxylic acids is 1. The molecule has 1 aliphatic rings. The predicted octanol–water partition coefficient (Wildman–Crippen LogP) is 4.68. The zero-order valence-corrected chi connectivity index (χ0v) is 13.8. The molecule has 21 heavy (non-hydrogen) atoms. The molecule has 1 saturated carbocycles. The van der Waals surface area contributed by atoms with Gasteiger partial charge in [0.05, 0.1) is 5.92 Å². The molecule has 0 saturated heterocycles. The molecule has 0 aromatic heterocycles. The molecule has 2 heteroatoms. The highest BCUT2D eigenvalue weighted by atomic mass is 16.4. The molecule has 0 amide bonds. The Morgan fingerprint density at radius 1 is 1.19 bits per heavy atom. The highest BCUT2D eigenvalue weighted by molar-refractivity contribution is 5.70. The van der Waals surface area contributed by atoms with Crippen molar-refractivity contribution in [3.05, 3.63) is 34.4 Å². The molecule has 3 atom stereocenters. The van der Waals surface area contributed by atoms with E-state index in [1.165, 1.54) is 28.7 Å². The van der Waals surface area contributed by atoms with Gasteiger partial charge >= 0.3 is 5.97 Å². The van der Waals surface area contributed by atoms with Crippen molar-refractivity contribution in [1.29, 1.82) is 0 Å². The van der Waals surface area contributed by atoms with Crippen LogP contribution in [0.2, 0.25) is 0 Å². The molecule has 0 spiro atoms. The van der Waals surface area contributed by atoms with Gasteiger partial charge in [0.2, 0.25) is 0 Å². The first-order valence-corrected chi connectivity index (χ1v) is 8.21. The standard InChI is InChI=1S/C19H28O2/c1-5-15-6-7-17(19(20)21)16(10-15)11-18-13(3)8-12(2)9-14(18)4/h8-9,15-17H,5-7,10-11H2,1-4H3,(H,20,21). The average molecular weight is 288 g/mol. The molecule has 1 aromatic carbocycles. The van der Waals surface area contributed by atoms with E-state index in [9.17, 15) is 9.90 Å². The van der Waals surface area contributed by atoms with Crippen LogP contribution in [0.1, 0.15) is 54.9 Å². The quantitative estimate of drug-likeness (QED) is 0.873. The highest BCUT2D eigenvalue weighted by Gasteiger charge is 2.34. The summed E-state index contributed by atoms with van der Waals surface area (Å²) in [5, 5.41) is 9.53. The topological polar surface area (TPSA) is 37.3 Å². The minimum atomic E-state index is -0.600. The maximum Gasteiger partial charge on any atom is 0.306 e. The molecule has 3 unspecified atom stereocenters. The van der Waals surface area contributed by atoms with Crippen molar-refractivity contribution < 1.29 is 9.90 Å². The van der Waals surface area contributed by atoms with Crippen LogP contribution in [0.25, 0.3) is 0 Å². The normalized spacial score (nSPS) is 25.8. The average Bonchev–Trinajstić information content (AvgIpc) is 2.42. The molecule has 1 fully saturated rings. The van der Waals surface area contributed by atoms with Crippen molar-refractivity contribution in [3.63, 3.8) is 0 Å². The van der Waals surface area contributed by atoms with E-state index in [0.717, 1.165) is 25.7 Å². The van der Waals surface area contributed by atoms with E-state index < -0.39 is 5.97 Å². The molecule has 0 heterocycles. The summed E-state index contributed by atoms with van der Waals surface area (Å²) in [7, 11) is 0. The van der Waals surface area contributed by atoms with E-state index in [1.54, 1.807) is 0 Å². The number of carboxylic acids is 1. The number of hydrogen-bond acceptors (Lipinski definition) is 1. The minimum Gasteiger partial charge on any atom is -0.481 e. The van der Waals surface area contributed by atoms with Gasteiger partial charge in [0.15, 0.2) is 0 Å². The summed E-state index contributed by atoms with van der Waals surface area (Å²) < 4.78 is 0. The molecule has 0 bridgehead atoms. The van der Waals surface area contributed by atoms with Gasteiger partial charge in [0.1, 0.15) is 0 Å². The largest absolute Gasteiger partial charge is 0.481 e. The van der Waals surface area contributed by atoms with Crippen LogP contribution in [0.3, 0.4) is 0 Å². The van der Waals surface area contributed by atoms with Gasteiger partial charge in [0.25, 0.3) is 0 Å². The van der Waals surface area contributed by atoms with Crippen molar-refractivity contribution in [2.75, 3.05) is 0 Å². The fourth-order valence-corrected chi connectivity index (χ4v) is 4.08. The fraction of sp³-hybridized carbons (Fsp3) is 0.632. The molecule has 116 valence electrons. The van der Waals surface area contributed by atoms with Gasteiger partial charge in [-0.1, -0.05) is 31.0 Å². The number of benzene rings is 1. The predicted molar refractivity (Wildman–Crippen MR) is 86.6 cm³/mol. The molecule has 1 N–H and O–H groups in total. The van der Waals surface area contributed by atoms with Crippen LogP contribution in [0.4, 0.5) is 0 Å². The highest BCUT2D eigenvalue weighted by Crippen LogP contribution is 2.38. The molecular formula is C19H28O2. The summed E-state index contributed by atoms with van der Waals surface area (Å²) in [5.41, 5.74) is 5.29. The molecular weight excluding hydrogens is 260 g/mol. The summed E-state index contributed by atoms with van der Waals surface area (Å²) in [6.45, 7) is 8.67. The van der Waals surface area contributed by atoms with Gasteiger partial charge in [-0.05, 0) is 75.0 Å². The van der Waals surface area contributed by atoms with Crippen molar-refractivity contribution in [3.8, 4) is 0 Å². The van der Waals surface area contributed by atoms with E-state index in [-0.39, 0.29) is 5.92 Å². The fourth-order valence-electron chi connectivity index (χ4n) is 4.08. The van der Waals surface area contributed by atoms with Crippen molar-refractivity contribution >= 4 is 5.97 Å². The Morgan fingerprint density at radius 3 is 2.33 bits per heavy atom. The third-order valence-corrected chi connectivity index (χ3v) is 5.29. The maximum atomic E-state index is 11.6. The summed E-state index contributed by atoms with van der Waals surface area (Å²) in [4.78, 5) is 11.6. The molecule has 1 aliphatic carbocycles. The third-order valence-electron chi connectivity index (χ3n) is 5.29. The second kappa shape index (κ2) is 6.64. The van der Waals surface area contributed by atoms with E-state index >= 15 is 0 Å². The van der Waals surface area contributed by atoms with Crippen LogP contribution in [0, 0.1) is 38.5 Å². The van der Waals surface area contributed by atoms with Crippen LogP contribution in [-0.2, 0) is 11.2 Å². The smallest absolute Gasteiger partial charge is 0.306 e. The van der Waals surface area contributed by atoms with E-state index in [4.69, 9.17) is 0 Å². The molecule has 2 rings (SSSR count). The summed E-state index contributed by atoms with van der Waals surface area (Å²) in [5.74, 6) is 0.239. The lowest BCUT2D eigenvalue weighted by molar-refractivity contribution is -0.145. The van der Waals surface area contributed by atoms with Gasteiger partial charge in [-0.25, -0.2) is 0 Å². The second-order valence-electron chi connectivity index (χ2n) is 6.87. The molecule has 0 radical (unpaired) electrons. The zero-order valence-electron chi connectivity index (χ0n) is 13.8. The van der Waals surface area contributed by atoms with E-state index in [0.29, 0.717) is 11.8 Å². The third kappa shape index (κ3) is 3.66. The van der Waals surface area contributed by atoms with E-state index in [2.05, 4.69) is 39.8 Å². The first-order chi connectivity index (χ1) is 9.92. The lowest BCUT2D eigenvalue weighted by atomic mass is 9.70. The lowest BCUT2D eigenvalue weighted by Gasteiger charge is -2.34. The van der Waals surface area contributed by atoms with Crippen LogP contribution in [-0.4, -0.2) is 11.1 Å². The second-order valence-corrected chi connectivity index (χ2v) is 6.87. The van der Waals surface area contributed by atoms with Gasteiger partial charge in [0, 0.05) is 0 Å². The Balaban J connectivity index is 2.24. The molecule has 0 aliphatic heterocycles. The lowest BCUT2D eigenvalue weighted by Crippen LogP contribution is -2.32. The van der Waals surface area contributed by atoms with E-state index in [1.807, 2.05) is 0 Å². The summed E-state index contributed by atoms with van der Waals surface area (Å²) >= 11 is 0.